The Bertz CT molecular complexity index is 539. The Morgan fingerprint density at radius 3 is 2.68 bits per heavy atom. The normalized spacial score (nSPS) is 12.1. The number of hydrogen-bond donors (Lipinski definition) is 0. The van der Waals surface area contributed by atoms with Gasteiger partial charge in [0.2, 0.25) is 0 Å². The first kappa shape index (κ1) is 13.2. The van der Waals surface area contributed by atoms with Crippen LogP contribution in [0, 0.1) is 6.92 Å². The average Bonchev–Trinajstić information content (AvgIpc) is 2.84. The summed E-state index contributed by atoms with van der Waals surface area (Å²) in [6.07, 6.45) is 0.305. The van der Waals surface area contributed by atoms with E-state index in [1.807, 2.05) is 37.3 Å². The molecule has 0 aliphatic carbocycles. The van der Waals surface area contributed by atoms with Crippen molar-refractivity contribution in [3.05, 3.63) is 41.7 Å². The second-order valence-corrected chi connectivity index (χ2v) is 4.30. The van der Waals surface area contributed by atoms with E-state index in [9.17, 15) is 4.79 Å². The van der Waals surface area contributed by atoms with Gasteiger partial charge in [-0.15, -0.1) is 5.10 Å². The number of carbonyl (C=O) groups excluding carboxylic acids is 1. The van der Waals surface area contributed by atoms with Gasteiger partial charge in [0.25, 0.3) is 0 Å². The van der Waals surface area contributed by atoms with Gasteiger partial charge in [0.05, 0.1) is 20.1 Å². The Labute approximate surface area is 111 Å². The van der Waals surface area contributed by atoms with Crippen LogP contribution in [-0.4, -0.2) is 33.3 Å². The molecule has 0 saturated carbocycles. The zero-order chi connectivity index (χ0) is 13.7. The van der Waals surface area contributed by atoms with E-state index < -0.39 is 0 Å². The van der Waals surface area contributed by atoms with Crippen molar-refractivity contribution in [3.63, 3.8) is 0 Å². The quantitative estimate of drug-likeness (QED) is 0.758. The van der Waals surface area contributed by atoms with Gasteiger partial charge in [-0.2, -0.15) is 0 Å². The second kappa shape index (κ2) is 6.08. The van der Waals surface area contributed by atoms with Crippen LogP contribution in [0.1, 0.15) is 23.7 Å². The molecule has 1 atom stereocenters. The smallest absolute Gasteiger partial charge is 0.306 e. The Morgan fingerprint density at radius 2 is 2.11 bits per heavy atom. The summed E-state index contributed by atoms with van der Waals surface area (Å²) in [5.74, 6) is 0.487. The lowest BCUT2D eigenvalue weighted by molar-refractivity contribution is -0.141. The molecule has 0 fully saturated rings. The van der Waals surface area contributed by atoms with Crippen molar-refractivity contribution in [2.45, 2.75) is 25.8 Å². The second-order valence-electron chi connectivity index (χ2n) is 4.30. The molecular weight excluding hydrogens is 244 g/mol. The Balaban J connectivity index is 2.20. The van der Waals surface area contributed by atoms with Crippen LogP contribution < -0.4 is 0 Å². The van der Waals surface area contributed by atoms with E-state index in [4.69, 9.17) is 4.74 Å². The van der Waals surface area contributed by atoms with Gasteiger partial charge in [-0.1, -0.05) is 30.3 Å². The zero-order valence-corrected chi connectivity index (χ0v) is 11.0. The summed E-state index contributed by atoms with van der Waals surface area (Å²) in [7, 11) is 1.40. The zero-order valence-electron chi connectivity index (χ0n) is 11.0. The fourth-order valence-corrected chi connectivity index (χ4v) is 1.92. The summed E-state index contributed by atoms with van der Waals surface area (Å²) in [5, 5.41) is 11.4. The average molecular weight is 260 g/mol. The van der Waals surface area contributed by atoms with Crippen molar-refractivity contribution in [2.75, 3.05) is 7.11 Å². The van der Waals surface area contributed by atoms with E-state index in [0.717, 1.165) is 11.4 Å². The minimum Gasteiger partial charge on any atom is -0.469 e. The summed E-state index contributed by atoms with van der Waals surface area (Å²) >= 11 is 0. The third-order valence-corrected chi connectivity index (χ3v) is 3.02. The van der Waals surface area contributed by atoms with Crippen molar-refractivity contribution in [3.8, 4) is 0 Å². The van der Waals surface area contributed by atoms with Crippen LogP contribution in [-0.2, 0) is 16.1 Å². The SMILES string of the molecule is COC(=O)CC(Cn1nnnc1C)c1ccccc1. The number of nitrogens with zero attached hydrogens (tertiary/aromatic N) is 4. The molecule has 0 N–H and O–H groups in total. The first-order valence-corrected chi connectivity index (χ1v) is 6.05. The molecule has 0 spiro atoms. The highest BCUT2D eigenvalue weighted by Crippen LogP contribution is 2.22. The van der Waals surface area contributed by atoms with Gasteiger partial charge >= 0.3 is 5.97 Å². The highest BCUT2D eigenvalue weighted by atomic mass is 16.5. The first-order chi connectivity index (χ1) is 9.20. The molecule has 0 radical (unpaired) electrons. The molecule has 0 aliphatic rings. The predicted octanol–water partition coefficient (Wildman–Crippen LogP) is 1.33. The third kappa shape index (κ3) is 3.37. The van der Waals surface area contributed by atoms with Gasteiger partial charge in [-0.3, -0.25) is 4.79 Å². The molecule has 1 aromatic carbocycles. The molecule has 1 heterocycles. The number of esters is 1. The van der Waals surface area contributed by atoms with Crippen molar-refractivity contribution in [2.24, 2.45) is 0 Å². The molecule has 100 valence electrons. The molecular formula is C13H16N4O2. The van der Waals surface area contributed by atoms with E-state index in [-0.39, 0.29) is 11.9 Å². The standard InChI is InChI=1S/C13H16N4O2/c1-10-14-15-16-17(10)9-12(8-13(18)19-2)11-6-4-3-5-7-11/h3-7,12H,8-9H2,1-2H3. The Morgan fingerprint density at radius 1 is 1.37 bits per heavy atom. The summed E-state index contributed by atoms with van der Waals surface area (Å²) in [6, 6.07) is 9.83. The van der Waals surface area contributed by atoms with Gasteiger partial charge in [0.1, 0.15) is 5.82 Å². The van der Waals surface area contributed by atoms with Gasteiger partial charge < -0.3 is 4.74 Å². The van der Waals surface area contributed by atoms with E-state index in [1.165, 1.54) is 7.11 Å². The van der Waals surface area contributed by atoms with Gasteiger partial charge in [-0.05, 0) is 22.9 Å². The molecule has 2 rings (SSSR count). The molecule has 0 bridgehead atoms. The number of hydrogen-bond acceptors (Lipinski definition) is 5. The predicted molar refractivity (Wildman–Crippen MR) is 68.4 cm³/mol. The van der Waals surface area contributed by atoms with E-state index in [0.29, 0.717) is 13.0 Å². The number of ether oxygens (including phenoxy) is 1. The van der Waals surface area contributed by atoms with Crippen molar-refractivity contribution in [1.29, 1.82) is 0 Å². The lowest BCUT2D eigenvalue weighted by Gasteiger charge is -2.16. The van der Waals surface area contributed by atoms with Crippen LogP contribution in [0.5, 0.6) is 0 Å². The molecule has 6 nitrogen and oxygen atoms in total. The van der Waals surface area contributed by atoms with Crippen molar-refractivity contribution < 1.29 is 9.53 Å². The molecule has 0 aliphatic heterocycles. The summed E-state index contributed by atoms with van der Waals surface area (Å²) in [4.78, 5) is 11.5. The number of aromatic nitrogens is 4. The van der Waals surface area contributed by atoms with Crippen LogP contribution in [0.15, 0.2) is 30.3 Å². The minimum atomic E-state index is -0.236. The largest absolute Gasteiger partial charge is 0.469 e. The maximum absolute atomic E-state index is 11.5. The molecule has 0 saturated heterocycles. The summed E-state index contributed by atoms with van der Waals surface area (Å²) in [5.41, 5.74) is 1.07. The Hall–Kier alpha value is -2.24. The molecule has 1 aromatic heterocycles. The molecule has 2 aromatic rings. The fourth-order valence-electron chi connectivity index (χ4n) is 1.92. The van der Waals surface area contributed by atoms with Crippen LogP contribution in [0.25, 0.3) is 0 Å². The molecule has 1 unspecified atom stereocenters. The van der Waals surface area contributed by atoms with Gasteiger partial charge in [0.15, 0.2) is 0 Å². The van der Waals surface area contributed by atoms with Crippen LogP contribution in [0.4, 0.5) is 0 Å². The number of aryl methyl sites for hydroxylation is 1. The highest BCUT2D eigenvalue weighted by molar-refractivity contribution is 5.70. The maximum atomic E-state index is 11.5. The monoisotopic (exact) mass is 260 g/mol. The lowest BCUT2D eigenvalue weighted by Crippen LogP contribution is -2.16. The van der Waals surface area contributed by atoms with Crippen molar-refractivity contribution >= 4 is 5.97 Å². The van der Waals surface area contributed by atoms with Crippen molar-refractivity contribution in [1.82, 2.24) is 20.2 Å². The highest BCUT2D eigenvalue weighted by Gasteiger charge is 2.18. The summed E-state index contributed by atoms with van der Waals surface area (Å²) < 4.78 is 6.45. The van der Waals surface area contributed by atoms with E-state index >= 15 is 0 Å². The van der Waals surface area contributed by atoms with Crippen LogP contribution >= 0.6 is 0 Å². The lowest BCUT2D eigenvalue weighted by atomic mass is 9.96. The number of tetrazole rings is 1. The number of methoxy groups -OCH3 is 1. The van der Waals surface area contributed by atoms with E-state index in [2.05, 4.69) is 15.5 Å². The first-order valence-electron chi connectivity index (χ1n) is 6.05. The topological polar surface area (TPSA) is 69.9 Å². The van der Waals surface area contributed by atoms with E-state index in [1.54, 1.807) is 4.68 Å². The summed E-state index contributed by atoms with van der Waals surface area (Å²) in [6.45, 7) is 2.39. The Kier molecular flexibility index (Phi) is 4.22. The molecule has 19 heavy (non-hydrogen) atoms. The fraction of sp³-hybridized carbons (Fsp3) is 0.385. The molecule has 6 heteroatoms. The maximum Gasteiger partial charge on any atom is 0.306 e. The van der Waals surface area contributed by atoms with Crippen LogP contribution in [0.3, 0.4) is 0 Å². The van der Waals surface area contributed by atoms with Crippen LogP contribution in [0.2, 0.25) is 0 Å². The van der Waals surface area contributed by atoms with Gasteiger partial charge in [-0.25, -0.2) is 4.68 Å². The number of carbonyl (C=O) groups is 1. The third-order valence-electron chi connectivity index (χ3n) is 3.02. The van der Waals surface area contributed by atoms with Gasteiger partial charge in [0, 0.05) is 5.92 Å². The molecule has 0 amide bonds. The minimum absolute atomic E-state index is 0.00384. The number of benzene rings is 1. The number of rotatable bonds is 5.